The molecule has 234 valence electrons. The third kappa shape index (κ3) is 7.24. The Bertz CT molecular complexity index is 1590. The number of amides is 1. The second-order valence-corrected chi connectivity index (χ2v) is 12.2. The molecule has 1 aromatic heterocycles. The van der Waals surface area contributed by atoms with Crippen molar-refractivity contribution < 1.29 is 40.7 Å². The van der Waals surface area contributed by atoms with Gasteiger partial charge in [-0.2, -0.15) is 13.2 Å². The highest BCUT2D eigenvalue weighted by Crippen LogP contribution is 2.36. The van der Waals surface area contributed by atoms with E-state index < -0.39 is 28.3 Å². The Balaban J connectivity index is 1.55. The van der Waals surface area contributed by atoms with Crippen LogP contribution in [-0.4, -0.2) is 81.4 Å². The molecule has 2 N–H and O–H groups in total. The van der Waals surface area contributed by atoms with E-state index in [0.29, 0.717) is 30.6 Å². The van der Waals surface area contributed by atoms with Gasteiger partial charge in [0.15, 0.2) is 0 Å². The number of fused-ring (bicyclic) bond motifs is 2. The maximum Gasteiger partial charge on any atom is 0.490 e. The van der Waals surface area contributed by atoms with Crippen LogP contribution in [0.15, 0.2) is 42.6 Å². The molecule has 3 aromatic rings. The molecule has 0 saturated carbocycles. The number of nitrogens with zero attached hydrogens (tertiary/aromatic N) is 2. The number of nitrogens with one attached hydrogen (secondary N) is 2. The van der Waals surface area contributed by atoms with Gasteiger partial charge < -0.3 is 24.7 Å². The van der Waals surface area contributed by atoms with Gasteiger partial charge in [-0.25, -0.2) is 13.2 Å². The van der Waals surface area contributed by atoms with Crippen LogP contribution < -0.4 is 14.4 Å². The van der Waals surface area contributed by atoms with Crippen molar-refractivity contribution in [2.24, 2.45) is 0 Å². The van der Waals surface area contributed by atoms with Crippen LogP contribution in [0, 0.1) is 0 Å². The van der Waals surface area contributed by atoms with Gasteiger partial charge in [0.2, 0.25) is 10.0 Å². The van der Waals surface area contributed by atoms with Gasteiger partial charge in [-0.3, -0.25) is 9.10 Å². The smallest absolute Gasteiger partial charge is 0.489 e. The standard InChI is InChI=1S/C29H35F3N4O6S/c1-5-35(6-2)27(37)22-9-7-8-21-20(16-34-26(21)22)14-18(3)33-17-25(42-28(38)29(30,31)32)19-10-11-24-23(15-19)36(12-13-41-24)43(4,39)40/h7-11,15-16,18,25,33-34H,5-6,12-14,17H2,1-4H3/t18-,25+/m1/s1. The molecule has 0 bridgehead atoms. The summed E-state index contributed by atoms with van der Waals surface area (Å²) in [7, 11) is -3.69. The molecular formula is C29H35F3N4O6S. The Morgan fingerprint density at radius 2 is 1.91 bits per heavy atom. The van der Waals surface area contributed by atoms with Crippen molar-refractivity contribution in [2.75, 3.05) is 43.3 Å². The summed E-state index contributed by atoms with van der Waals surface area (Å²) in [6.07, 6.45) is -3.34. The number of anilines is 1. The molecule has 0 radical (unpaired) electrons. The summed E-state index contributed by atoms with van der Waals surface area (Å²) in [5, 5.41) is 3.99. The number of halogens is 3. The van der Waals surface area contributed by atoms with Crippen LogP contribution in [0.5, 0.6) is 5.75 Å². The summed E-state index contributed by atoms with van der Waals surface area (Å²) in [5.74, 6) is -2.20. The maximum atomic E-state index is 13.2. The molecule has 43 heavy (non-hydrogen) atoms. The van der Waals surface area contributed by atoms with Crippen LogP contribution in [0.25, 0.3) is 10.9 Å². The van der Waals surface area contributed by atoms with Gasteiger partial charge in [0.25, 0.3) is 5.91 Å². The van der Waals surface area contributed by atoms with E-state index in [1.807, 2.05) is 26.8 Å². The predicted octanol–water partition coefficient (Wildman–Crippen LogP) is 4.18. The zero-order chi connectivity index (χ0) is 31.5. The van der Waals surface area contributed by atoms with Crippen LogP contribution >= 0.6 is 0 Å². The molecule has 2 aromatic carbocycles. The highest BCUT2D eigenvalue weighted by atomic mass is 32.2. The molecule has 1 amide bonds. The normalized spacial score (nSPS) is 15.0. The van der Waals surface area contributed by atoms with E-state index in [2.05, 4.69) is 10.3 Å². The Hall–Kier alpha value is -3.78. The Labute approximate surface area is 248 Å². The highest BCUT2D eigenvalue weighted by molar-refractivity contribution is 7.92. The maximum absolute atomic E-state index is 13.2. The third-order valence-electron chi connectivity index (χ3n) is 7.32. The molecule has 14 heteroatoms. The fourth-order valence-electron chi connectivity index (χ4n) is 5.13. The lowest BCUT2D eigenvalue weighted by atomic mass is 10.0. The first-order chi connectivity index (χ1) is 20.2. The largest absolute Gasteiger partial charge is 0.490 e. The van der Waals surface area contributed by atoms with Gasteiger partial charge in [0.1, 0.15) is 18.5 Å². The van der Waals surface area contributed by atoms with Crippen molar-refractivity contribution in [3.63, 3.8) is 0 Å². The van der Waals surface area contributed by atoms with Crippen LogP contribution in [0.3, 0.4) is 0 Å². The number of para-hydroxylation sites is 1. The number of esters is 1. The van der Waals surface area contributed by atoms with Gasteiger partial charge in [-0.05, 0) is 56.5 Å². The molecule has 0 fully saturated rings. The fraction of sp³-hybridized carbons (Fsp3) is 0.448. The molecule has 2 atom stereocenters. The first-order valence-corrected chi connectivity index (χ1v) is 15.7. The summed E-state index contributed by atoms with van der Waals surface area (Å²) >= 11 is 0. The molecular weight excluding hydrogens is 589 g/mol. The first kappa shape index (κ1) is 32.1. The average molecular weight is 625 g/mol. The van der Waals surface area contributed by atoms with Gasteiger partial charge >= 0.3 is 12.1 Å². The number of aromatic amines is 1. The topological polar surface area (TPSA) is 121 Å². The van der Waals surface area contributed by atoms with Crippen molar-refractivity contribution >= 4 is 38.5 Å². The average Bonchev–Trinajstić information content (AvgIpc) is 3.36. The Kier molecular flexibility index (Phi) is 9.60. The number of carbonyl (C=O) groups is 2. The molecule has 4 rings (SSSR count). The number of aromatic nitrogens is 1. The molecule has 0 unspecified atom stereocenters. The number of ether oxygens (including phenoxy) is 2. The van der Waals surface area contributed by atoms with Crippen LogP contribution in [0.2, 0.25) is 0 Å². The van der Waals surface area contributed by atoms with Gasteiger partial charge in [0.05, 0.1) is 29.6 Å². The lowest BCUT2D eigenvalue weighted by Gasteiger charge is -2.30. The summed E-state index contributed by atoms with van der Waals surface area (Å²) in [5.41, 5.74) is 2.46. The van der Waals surface area contributed by atoms with Crippen LogP contribution in [0.1, 0.15) is 48.4 Å². The second kappa shape index (κ2) is 12.8. The van der Waals surface area contributed by atoms with Gasteiger partial charge in [-0.15, -0.1) is 0 Å². The van der Waals surface area contributed by atoms with Gasteiger partial charge in [-0.1, -0.05) is 18.2 Å². The quantitative estimate of drug-likeness (QED) is 0.307. The summed E-state index contributed by atoms with van der Waals surface area (Å²) < 4.78 is 75.6. The molecule has 0 spiro atoms. The Morgan fingerprint density at radius 1 is 1.19 bits per heavy atom. The molecule has 1 aliphatic rings. The number of benzene rings is 2. The minimum Gasteiger partial charge on any atom is -0.489 e. The second-order valence-electron chi connectivity index (χ2n) is 10.3. The number of alkyl halides is 3. The van der Waals surface area contributed by atoms with E-state index in [0.717, 1.165) is 21.5 Å². The number of rotatable bonds is 11. The van der Waals surface area contributed by atoms with E-state index in [1.165, 1.54) is 18.2 Å². The number of carbonyl (C=O) groups excluding carboxylic acids is 2. The van der Waals surface area contributed by atoms with Crippen LogP contribution in [0.4, 0.5) is 18.9 Å². The van der Waals surface area contributed by atoms with Crippen molar-refractivity contribution in [1.29, 1.82) is 0 Å². The van der Waals surface area contributed by atoms with Crippen molar-refractivity contribution in [2.45, 2.75) is 45.5 Å². The monoisotopic (exact) mass is 624 g/mol. The first-order valence-electron chi connectivity index (χ1n) is 13.9. The zero-order valence-electron chi connectivity index (χ0n) is 24.3. The lowest BCUT2D eigenvalue weighted by molar-refractivity contribution is -0.205. The number of sulfonamides is 1. The van der Waals surface area contributed by atoms with Crippen LogP contribution in [-0.2, 0) is 26.0 Å². The SMILES string of the molecule is CCN(CC)C(=O)c1cccc2c(C[C@@H](C)NC[C@H](OC(=O)C(F)(F)F)c3ccc4c(c3)N(S(C)(=O)=O)CCO4)c[nH]c12. The van der Waals surface area contributed by atoms with E-state index >= 15 is 0 Å². The predicted molar refractivity (Wildman–Crippen MR) is 156 cm³/mol. The molecule has 10 nitrogen and oxygen atoms in total. The Morgan fingerprint density at radius 3 is 2.56 bits per heavy atom. The number of hydrogen-bond donors (Lipinski definition) is 2. The number of H-pyrrole nitrogens is 1. The molecule has 1 aliphatic heterocycles. The van der Waals surface area contributed by atoms with E-state index in [9.17, 15) is 31.2 Å². The molecule has 0 aliphatic carbocycles. The van der Waals surface area contributed by atoms with Gasteiger partial charge in [0, 0.05) is 37.3 Å². The fourth-order valence-corrected chi connectivity index (χ4v) is 6.04. The third-order valence-corrected chi connectivity index (χ3v) is 8.50. The van der Waals surface area contributed by atoms with E-state index in [4.69, 9.17) is 9.47 Å². The van der Waals surface area contributed by atoms with Crippen molar-refractivity contribution in [3.05, 3.63) is 59.3 Å². The van der Waals surface area contributed by atoms with Crippen molar-refractivity contribution in [3.8, 4) is 5.75 Å². The number of hydrogen-bond acceptors (Lipinski definition) is 7. The highest BCUT2D eigenvalue weighted by Gasteiger charge is 2.42. The molecule has 2 heterocycles. The van der Waals surface area contributed by atoms with E-state index in [-0.39, 0.29) is 48.6 Å². The zero-order valence-corrected chi connectivity index (χ0v) is 25.1. The minimum absolute atomic E-state index is 0.0322. The summed E-state index contributed by atoms with van der Waals surface area (Å²) in [4.78, 5) is 29.8. The van der Waals surface area contributed by atoms with E-state index in [1.54, 1.807) is 23.2 Å². The van der Waals surface area contributed by atoms with Crippen molar-refractivity contribution in [1.82, 2.24) is 15.2 Å². The minimum atomic E-state index is -5.22. The summed E-state index contributed by atoms with van der Waals surface area (Å²) in [6.45, 7) is 6.76. The molecule has 0 saturated heterocycles. The lowest BCUT2D eigenvalue weighted by Crippen LogP contribution is -2.38. The summed E-state index contributed by atoms with van der Waals surface area (Å²) in [6, 6.07) is 9.43.